The highest BCUT2D eigenvalue weighted by molar-refractivity contribution is 6.04. The molecule has 0 unspecified atom stereocenters. The minimum absolute atomic E-state index is 0.0757. The molecular formula is C22H28N4O4. The van der Waals surface area contributed by atoms with Crippen LogP contribution in [0.4, 0.5) is 11.4 Å². The van der Waals surface area contributed by atoms with Crippen molar-refractivity contribution in [3.05, 3.63) is 54.1 Å². The minimum atomic E-state index is -0.251. The molecule has 0 aliphatic carbocycles. The van der Waals surface area contributed by atoms with E-state index in [0.29, 0.717) is 23.5 Å². The fourth-order valence-electron chi connectivity index (χ4n) is 2.58. The molecule has 0 aliphatic heterocycles. The zero-order valence-corrected chi connectivity index (χ0v) is 17.8. The van der Waals surface area contributed by atoms with Gasteiger partial charge < -0.3 is 20.3 Å². The third kappa shape index (κ3) is 7.21. The summed E-state index contributed by atoms with van der Waals surface area (Å²) in [4.78, 5) is 39.3. The molecule has 0 radical (unpaired) electrons. The first-order valence-corrected chi connectivity index (χ1v) is 9.61. The second-order valence-corrected chi connectivity index (χ2v) is 7.00. The maximum Gasteiger partial charge on any atom is 0.255 e. The highest BCUT2D eigenvalue weighted by Crippen LogP contribution is 2.17. The van der Waals surface area contributed by atoms with Gasteiger partial charge in [0, 0.05) is 31.0 Å². The van der Waals surface area contributed by atoms with E-state index in [0.717, 1.165) is 5.75 Å². The van der Waals surface area contributed by atoms with Crippen molar-refractivity contribution in [2.45, 2.75) is 6.92 Å². The van der Waals surface area contributed by atoms with Crippen molar-refractivity contribution in [3.8, 4) is 5.75 Å². The van der Waals surface area contributed by atoms with Crippen LogP contribution in [0.2, 0.25) is 0 Å². The Labute approximate surface area is 176 Å². The fraction of sp³-hybridized carbons (Fsp3) is 0.318. The molecule has 0 spiro atoms. The Bertz CT molecular complexity index is 864. The zero-order chi connectivity index (χ0) is 22.1. The molecule has 160 valence electrons. The van der Waals surface area contributed by atoms with E-state index >= 15 is 0 Å². The van der Waals surface area contributed by atoms with E-state index in [-0.39, 0.29) is 30.8 Å². The lowest BCUT2D eigenvalue weighted by Gasteiger charge is -2.18. The Hall–Kier alpha value is -3.39. The van der Waals surface area contributed by atoms with Crippen molar-refractivity contribution >= 4 is 29.1 Å². The van der Waals surface area contributed by atoms with Crippen molar-refractivity contribution in [2.24, 2.45) is 0 Å². The molecule has 8 nitrogen and oxygen atoms in total. The standard InChI is InChI=1S/C22H28N4O4/c1-5-30-19-12-10-18(11-13-19)24-22(29)16-6-8-17(9-7-16)23-20(27)14-26(4)15-21(28)25(2)3/h6-13H,5,14-15H2,1-4H3,(H,23,27)(H,24,29). The molecule has 8 heteroatoms. The summed E-state index contributed by atoms with van der Waals surface area (Å²) in [6, 6.07) is 13.7. The molecule has 0 saturated heterocycles. The second kappa shape index (κ2) is 11.0. The Morgan fingerprint density at radius 3 is 1.97 bits per heavy atom. The van der Waals surface area contributed by atoms with Gasteiger partial charge in [-0.15, -0.1) is 0 Å². The van der Waals surface area contributed by atoms with Crippen LogP contribution >= 0.6 is 0 Å². The van der Waals surface area contributed by atoms with Gasteiger partial charge in [-0.2, -0.15) is 0 Å². The van der Waals surface area contributed by atoms with E-state index in [1.165, 1.54) is 4.90 Å². The lowest BCUT2D eigenvalue weighted by molar-refractivity contribution is -0.130. The molecule has 3 amide bonds. The predicted molar refractivity (Wildman–Crippen MR) is 117 cm³/mol. The summed E-state index contributed by atoms with van der Waals surface area (Å²) in [5, 5.41) is 5.57. The maximum atomic E-state index is 12.4. The first kappa shape index (κ1) is 22.9. The van der Waals surface area contributed by atoms with E-state index in [4.69, 9.17) is 4.74 Å². The monoisotopic (exact) mass is 412 g/mol. The number of anilines is 2. The predicted octanol–water partition coefficient (Wildman–Crippen LogP) is 2.30. The molecule has 0 fully saturated rings. The van der Waals surface area contributed by atoms with Gasteiger partial charge in [0.05, 0.1) is 19.7 Å². The molecular weight excluding hydrogens is 384 g/mol. The van der Waals surface area contributed by atoms with Crippen LogP contribution in [0, 0.1) is 0 Å². The summed E-state index contributed by atoms with van der Waals surface area (Å²) >= 11 is 0. The van der Waals surface area contributed by atoms with Crippen LogP contribution in [-0.2, 0) is 9.59 Å². The van der Waals surface area contributed by atoms with Gasteiger partial charge in [0.1, 0.15) is 5.75 Å². The zero-order valence-electron chi connectivity index (χ0n) is 17.8. The SMILES string of the molecule is CCOc1ccc(NC(=O)c2ccc(NC(=O)CN(C)CC(=O)N(C)C)cc2)cc1. The Morgan fingerprint density at radius 1 is 0.833 bits per heavy atom. The Balaban J connectivity index is 1.87. The summed E-state index contributed by atoms with van der Waals surface area (Å²) in [6.45, 7) is 2.73. The molecule has 2 aromatic rings. The third-order valence-electron chi connectivity index (χ3n) is 4.17. The number of nitrogens with one attached hydrogen (secondary N) is 2. The first-order chi connectivity index (χ1) is 14.3. The van der Waals surface area contributed by atoms with Gasteiger partial charge in [-0.25, -0.2) is 0 Å². The second-order valence-electron chi connectivity index (χ2n) is 7.00. The number of ether oxygens (including phenoxy) is 1. The number of carbonyl (C=O) groups excluding carboxylic acids is 3. The van der Waals surface area contributed by atoms with E-state index < -0.39 is 0 Å². The van der Waals surface area contributed by atoms with E-state index in [9.17, 15) is 14.4 Å². The fourth-order valence-corrected chi connectivity index (χ4v) is 2.58. The Kier molecular flexibility index (Phi) is 8.37. The average molecular weight is 412 g/mol. The number of benzene rings is 2. The highest BCUT2D eigenvalue weighted by Gasteiger charge is 2.12. The molecule has 2 N–H and O–H groups in total. The molecule has 0 heterocycles. The Morgan fingerprint density at radius 2 is 1.40 bits per heavy atom. The number of nitrogens with zero attached hydrogens (tertiary/aromatic N) is 2. The van der Waals surface area contributed by atoms with Crippen LogP contribution in [-0.4, -0.2) is 68.4 Å². The molecule has 0 bridgehead atoms. The minimum Gasteiger partial charge on any atom is -0.494 e. The smallest absolute Gasteiger partial charge is 0.255 e. The van der Waals surface area contributed by atoms with E-state index in [1.807, 2.05) is 6.92 Å². The average Bonchev–Trinajstić information content (AvgIpc) is 2.69. The number of likely N-dealkylation sites (N-methyl/N-ethyl adjacent to an activating group) is 2. The third-order valence-corrected chi connectivity index (χ3v) is 4.17. The van der Waals surface area contributed by atoms with Crippen molar-refractivity contribution in [3.63, 3.8) is 0 Å². The van der Waals surface area contributed by atoms with Crippen LogP contribution in [0.3, 0.4) is 0 Å². The topological polar surface area (TPSA) is 91.0 Å². The van der Waals surface area contributed by atoms with Gasteiger partial charge in [-0.1, -0.05) is 0 Å². The number of hydrogen-bond donors (Lipinski definition) is 2. The van der Waals surface area contributed by atoms with Crippen LogP contribution in [0.1, 0.15) is 17.3 Å². The summed E-state index contributed by atoms with van der Waals surface area (Å²) in [5.41, 5.74) is 1.71. The van der Waals surface area contributed by atoms with Crippen molar-refractivity contribution in [2.75, 3.05) is 51.5 Å². The molecule has 2 aromatic carbocycles. The van der Waals surface area contributed by atoms with Gasteiger partial charge >= 0.3 is 0 Å². The van der Waals surface area contributed by atoms with Gasteiger partial charge in [0.25, 0.3) is 5.91 Å². The molecule has 0 aromatic heterocycles. The van der Waals surface area contributed by atoms with Gasteiger partial charge in [0.15, 0.2) is 0 Å². The van der Waals surface area contributed by atoms with Crippen molar-refractivity contribution in [1.29, 1.82) is 0 Å². The van der Waals surface area contributed by atoms with Crippen LogP contribution in [0.15, 0.2) is 48.5 Å². The molecule has 0 aliphatic rings. The normalized spacial score (nSPS) is 10.4. The summed E-state index contributed by atoms with van der Waals surface area (Å²) in [5.74, 6) is 0.176. The van der Waals surface area contributed by atoms with E-state index in [1.54, 1.807) is 74.6 Å². The maximum absolute atomic E-state index is 12.4. The van der Waals surface area contributed by atoms with Crippen LogP contribution in [0.25, 0.3) is 0 Å². The quantitative estimate of drug-likeness (QED) is 0.660. The molecule has 30 heavy (non-hydrogen) atoms. The van der Waals surface area contributed by atoms with Crippen molar-refractivity contribution in [1.82, 2.24) is 9.80 Å². The molecule has 0 atom stereocenters. The number of hydrogen-bond acceptors (Lipinski definition) is 5. The lowest BCUT2D eigenvalue weighted by atomic mass is 10.2. The molecule has 0 saturated carbocycles. The number of carbonyl (C=O) groups is 3. The first-order valence-electron chi connectivity index (χ1n) is 9.61. The van der Waals surface area contributed by atoms with Crippen LogP contribution < -0.4 is 15.4 Å². The highest BCUT2D eigenvalue weighted by atomic mass is 16.5. The van der Waals surface area contributed by atoms with Gasteiger partial charge in [-0.05, 0) is 62.5 Å². The summed E-state index contributed by atoms with van der Waals surface area (Å²) < 4.78 is 5.38. The summed E-state index contributed by atoms with van der Waals surface area (Å²) in [7, 11) is 5.04. The summed E-state index contributed by atoms with van der Waals surface area (Å²) in [6.07, 6.45) is 0. The van der Waals surface area contributed by atoms with Gasteiger partial charge in [0.2, 0.25) is 11.8 Å². The number of amides is 3. The largest absolute Gasteiger partial charge is 0.494 e. The lowest BCUT2D eigenvalue weighted by Crippen LogP contribution is -2.38. The van der Waals surface area contributed by atoms with Crippen molar-refractivity contribution < 1.29 is 19.1 Å². The van der Waals surface area contributed by atoms with Gasteiger partial charge in [-0.3, -0.25) is 19.3 Å². The van der Waals surface area contributed by atoms with Crippen LogP contribution in [0.5, 0.6) is 5.75 Å². The molecule has 2 rings (SSSR count). The van der Waals surface area contributed by atoms with E-state index in [2.05, 4.69) is 10.6 Å². The number of rotatable bonds is 9.